The van der Waals surface area contributed by atoms with E-state index in [1.807, 2.05) is 0 Å². The zero-order valence-electron chi connectivity index (χ0n) is 12.2. The summed E-state index contributed by atoms with van der Waals surface area (Å²) in [5, 5.41) is 0. The zero-order valence-corrected chi connectivity index (χ0v) is 12.2. The molecule has 0 radical (unpaired) electrons. The fourth-order valence-electron chi connectivity index (χ4n) is 2.33. The molecule has 5 nitrogen and oxygen atoms in total. The van der Waals surface area contributed by atoms with Gasteiger partial charge in [-0.25, -0.2) is 0 Å². The lowest BCUT2D eigenvalue weighted by Crippen LogP contribution is -2.27. The van der Waals surface area contributed by atoms with Crippen LogP contribution in [-0.4, -0.2) is 50.7 Å². The van der Waals surface area contributed by atoms with Crippen LogP contribution in [0.5, 0.6) is 0 Å². The van der Waals surface area contributed by atoms with E-state index in [1.165, 1.54) is 7.11 Å². The quantitative estimate of drug-likeness (QED) is 0.544. The van der Waals surface area contributed by atoms with Crippen molar-refractivity contribution < 1.29 is 19.1 Å². The molecule has 1 rings (SSSR count). The van der Waals surface area contributed by atoms with Gasteiger partial charge in [0.25, 0.3) is 0 Å². The number of esters is 1. The summed E-state index contributed by atoms with van der Waals surface area (Å²) in [5.74, 6) is 0.0770. The smallest absolute Gasteiger partial charge is 0.308 e. The molecule has 0 aromatic rings. The molecule has 0 aromatic heterocycles. The van der Waals surface area contributed by atoms with E-state index in [0.29, 0.717) is 13.0 Å². The van der Waals surface area contributed by atoms with Gasteiger partial charge in [-0.05, 0) is 32.1 Å². The van der Waals surface area contributed by atoms with Crippen LogP contribution < -0.4 is 0 Å². The summed E-state index contributed by atoms with van der Waals surface area (Å²) in [5.41, 5.74) is 0. The van der Waals surface area contributed by atoms with Crippen molar-refractivity contribution in [2.75, 3.05) is 27.8 Å². The number of ether oxygens (including phenoxy) is 2. The third kappa shape index (κ3) is 5.59. The normalized spacial score (nSPS) is 22.9. The van der Waals surface area contributed by atoms with E-state index < -0.39 is 0 Å². The summed E-state index contributed by atoms with van der Waals surface area (Å²) in [6.45, 7) is 0.618. The Labute approximate surface area is 115 Å². The van der Waals surface area contributed by atoms with Crippen molar-refractivity contribution in [3.8, 4) is 0 Å². The lowest BCUT2D eigenvalue weighted by Gasteiger charge is -2.27. The van der Waals surface area contributed by atoms with Crippen LogP contribution in [0.25, 0.3) is 0 Å². The molecule has 0 spiro atoms. The van der Waals surface area contributed by atoms with Crippen molar-refractivity contribution in [2.24, 2.45) is 5.92 Å². The monoisotopic (exact) mass is 271 g/mol. The highest BCUT2D eigenvalue weighted by molar-refractivity contribution is 5.75. The Balaban J connectivity index is 2.10. The molecular formula is C14H25NO4. The molecule has 1 saturated carbocycles. The molecule has 0 saturated heterocycles. The second-order valence-electron chi connectivity index (χ2n) is 5.26. The first kappa shape index (κ1) is 16.0. The van der Waals surface area contributed by atoms with Gasteiger partial charge in [0.15, 0.2) is 0 Å². The molecule has 5 heteroatoms. The van der Waals surface area contributed by atoms with Crippen LogP contribution in [0.3, 0.4) is 0 Å². The van der Waals surface area contributed by atoms with E-state index in [2.05, 4.69) is 0 Å². The number of nitrogens with zero attached hydrogens (tertiary/aromatic N) is 1. The average molecular weight is 271 g/mol. The van der Waals surface area contributed by atoms with Crippen LogP contribution in [-0.2, 0) is 19.1 Å². The minimum Gasteiger partial charge on any atom is -0.469 e. The molecule has 110 valence electrons. The molecule has 19 heavy (non-hydrogen) atoms. The third-order valence-electron chi connectivity index (χ3n) is 3.60. The summed E-state index contributed by atoms with van der Waals surface area (Å²) in [4.78, 5) is 24.3. The van der Waals surface area contributed by atoms with Gasteiger partial charge in [0.1, 0.15) is 0 Å². The second-order valence-corrected chi connectivity index (χ2v) is 5.26. The Kier molecular flexibility index (Phi) is 6.84. The highest BCUT2D eigenvalue weighted by Gasteiger charge is 2.27. The second kappa shape index (κ2) is 8.15. The Hall–Kier alpha value is -1.10. The molecule has 1 fully saturated rings. The molecule has 0 aliphatic heterocycles. The Morgan fingerprint density at radius 3 is 2.32 bits per heavy atom. The summed E-state index contributed by atoms with van der Waals surface area (Å²) in [7, 11) is 4.96. The average Bonchev–Trinajstić information content (AvgIpc) is 2.43. The van der Waals surface area contributed by atoms with Gasteiger partial charge in [0.2, 0.25) is 5.91 Å². The van der Waals surface area contributed by atoms with Crippen LogP contribution in [0.2, 0.25) is 0 Å². The van der Waals surface area contributed by atoms with Gasteiger partial charge in [-0.2, -0.15) is 0 Å². The zero-order chi connectivity index (χ0) is 14.3. The van der Waals surface area contributed by atoms with Crippen LogP contribution in [0.15, 0.2) is 0 Å². The van der Waals surface area contributed by atoms with Crippen LogP contribution in [0, 0.1) is 5.92 Å². The molecule has 0 atom stereocenters. The lowest BCUT2D eigenvalue weighted by atomic mass is 9.87. The van der Waals surface area contributed by atoms with E-state index in [9.17, 15) is 9.59 Å². The van der Waals surface area contributed by atoms with E-state index in [-0.39, 0.29) is 23.9 Å². The Morgan fingerprint density at radius 1 is 1.16 bits per heavy atom. The van der Waals surface area contributed by atoms with Gasteiger partial charge in [0, 0.05) is 27.1 Å². The summed E-state index contributed by atoms with van der Waals surface area (Å²) in [6.07, 6.45) is 5.01. The van der Waals surface area contributed by atoms with Crippen molar-refractivity contribution in [1.82, 2.24) is 4.90 Å². The largest absolute Gasteiger partial charge is 0.469 e. The van der Waals surface area contributed by atoms with Crippen molar-refractivity contribution in [3.05, 3.63) is 0 Å². The summed E-state index contributed by atoms with van der Waals surface area (Å²) in [6, 6.07) is 0. The maximum absolute atomic E-state index is 11.4. The fraction of sp³-hybridized carbons (Fsp3) is 0.857. The van der Waals surface area contributed by atoms with Gasteiger partial charge in [-0.3, -0.25) is 9.59 Å². The van der Waals surface area contributed by atoms with Crippen molar-refractivity contribution >= 4 is 11.9 Å². The van der Waals surface area contributed by atoms with E-state index in [4.69, 9.17) is 9.47 Å². The SMILES string of the molecule is COC(=O)C1CCC(OCCCC(=O)N(C)C)CC1. The minimum absolute atomic E-state index is 0.0418. The molecule has 1 aliphatic carbocycles. The van der Waals surface area contributed by atoms with Gasteiger partial charge in [0.05, 0.1) is 19.1 Å². The number of carbonyl (C=O) groups is 2. The fourth-order valence-corrected chi connectivity index (χ4v) is 2.33. The van der Waals surface area contributed by atoms with E-state index in [0.717, 1.165) is 32.1 Å². The lowest BCUT2D eigenvalue weighted by molar-refractivity contribution is -0.147. The van der Waals surface area contributed by atoms with Gasteiger partial charge < -0.3 is 14.4 Å². The number of amides is 1. The highest BCUT2D eigenvalue weighted by Crippen LogP contribution is 2.27. The van der Waals surface area contributed by atoms with Crippen LogP contribution in [0.1, 0.15) is 38.5 Å². The Bertz CT molecular complexity index is 296. The number of hydrogen-bond donors (Lipinski definition) is 0. The highest BCUT2D eigenvalue weighted by atomic mass is 16.5. The van der Waals surface area contributed by atoms with Gasteiger partial charge >= 0.3 is 5.97 Å². The molecular weight excluding hydrogens is 246 g/mol. The minimum atomic E-state index is -0.102. The predicted molar refractivity (Wildman–Crippen MR) is 71.6 cm³/mol. The number of carbonyl (C=O) groups excluding carboxylic acids is 2. The number of rotatable bonds is 6. The molecule has 0 unspecified atom stereocenters. The first-order valence-corrected chi connectivity index (χ1v) is 6.94. The molecule has 0 aromatic carbocycles. The molecule has 0 heterocycles. The van der Waals surface area contributed by atoms with E-state index in [1.54, 1.807) is 19.0 Å². The first-order chi connectivity index (χ1) is 9.04. The van der Waals surface area contributed by atoms with Gasteiger partial charge in [-0.15, -0.1) is 0 Å². The molecule has 0 N–H and O–H groups in total. The molecule has 0 bridgehead atoms. The van der Waals surface area contributed by atoms with Crippen molar-refractivity contribution in [2.45, 2.75) is 44.6 Å². The third-order valence-corrected chi connectivity index (χ3v) is 3.60. The van der Waals surface area contributed by atoms with Gasteiger partial charge in [-0.1, -0.05) is 0 Å². The standard InChI is InChI=1S/C14H25NO4/c1-15(2)13(16)5-4-10-19-12-8-6-11(7-9-12)14(17)18-3/h11-12H,4-10H2,1-3H3. The summed E-state index contributed by atoms with van der Waals surface area (Å²) < 4.78 is 10.5. The maximum atomic E-state index is 11.4. The Morgan fingerprint density at radius 2 is 1.79 bits per heavy atom. The van der Waals surface area contributed by atoms with Crippen molar-refractivity contribution in [1.29, 1.82) is 0 Å². The van der Waals surface area contributed by atoms with Crippen molar-refractivity contribution in [3.63, 3.8) is 0 Å². The first-order valence-electron chi connectivity index (χ1n) is 6.94. The van der Waals surface area contributed by atoms with Crippen LogP contribution >= 0.6 is 0 Å². The number of methoxy groups -OCH3 is 1. The summed E-state index contributed by atoms with van der Waals surface area (Å²) >= 11 is 0. The maximum Gasteiger partial charge on any atom is 0.308 e. The van der Waals surface area contributed by atoms with E-state index >= 15 is 0 Å². The molecule has 1 aliphatic rings. The number of hydrogen-bond acceptors (Lipinski definition) is 4. The topological polar surface area (TPSA) is 55.8 Å². The predicted octanol–water partition coefficient (Wildman–Crippen LogP) is 1.60. The van der Waals surface area contributed by atoms with Crippen LogP contribution in [0.4, 0.5) is 0 Å². The molecule has 1 amide bonds.